The van der Waals surface area contributed by atoms with Gasteiger partial charge in [-0.05, 0) is 77.6 Å². The van der Waals surface area contributed by atoms with Gasteiger partial charge in [0.2, 0.25) is 10.0 Å². The molecule has 1 spiro atoms. The van der Waals surface area contributed by atoms with Gasteiger partial charge in [0.25, 0.3) is 0 Å². The zero-order chi connectivity index (χ0) is 18.7. The number of rotatable bonds is 4. The third-order valence-electron chi connectivity index (χ3n) is 5.61. The number of piperidine rings is 1. The summed E-state index contributed by atoms with van der Waals surface area (Å²) in [6.07, 6.45) is 6.25. The number of nitrogens with zero attached hydrogens (tertiary/aromatic N) is 1. The topological polar surface area (TPSA) is 75.7 Å². The molecule has 25 heavy (non-hydrogen) atoms. The fourth-order valence-corrected chi connectivity index (χ4v) is 4.52. The zero-order valence-corrected chi connectivity index (χ0v) is 17.0. The molecule has 146 valence electrons. The standard InChI is InChI=1S/C18H34N2O4S/c1-5-25(22,23)19-14-15-6-8-18(9-7-15)10-12-20(13-11-18)16(21)24-17(2,3)4/h15,19H,5-14H2,1-4H3. The highest BCUT2D eigenvalue weighted by Gasteiger charge is 2.39. The maximum absolute atomic E-state index is 12.2. The van der Waals surface area contributed by atoms with E-state index >= 15 is 0 Å². The number of amides is 1. The second-order valence-electron chi connectivity index (χ2n) is 8.66. The van der Waals surface area contributed by atoms with Gasteiger partial charge in [-0.3, -0.25) is 0 Å². The molecule has 0 atom stereocenters. The van der Waals surface area contributed by atoms with E-state index in [2.05, 4.69) is 4.72 Å². The van der Waals surface area contributed by atoms with Crippen molar-refractivity contribution in [3.63, 3.8) is 0 Å². The predicted molar refractivity (Wildman–Crippen MR) is 98.9 cm³/mol. The van der Waals surface area contributed by atoms with E-state index in [1.54, 1.807) is 6.92 Å². The number of nitrogens with one attached hydrogen (secondary N) is 1. The molecule has 0 aromatic rings. The van der Waals surface area contributed by atoms with Crippen molar-refractivity contribution in [1.82, 2.24) is 9.62 Å². The van der Waals surface area contributed by atoms with E-state index in [1.807, 2.05) is 25.7 Å². The summed E-state index contributed by atoms with van der Waals surface area (Å²) in [6.45, 7) is 9.44. The highest BCUT2D eigenvalue weighted by atomic mass is 32.2. The average molecular weight is 375 g/mol. The minimum absolute atomic E-state index is 0.143. The van der Waals surface area contributed by atoms with E-state index in [9.17, 15) is 13.2 Å². The lowest BCUT2D eigenvalue weighted by Crippen LogP contribution is -2.46. The highest BCUT2D eigenvalue weighted by molar-refractivity contribution is 7.89. The van der Waals surface area contributed by atoms with Crippen LogP contribution in [0.15, 0.2) is 0 Å². The lowest BCUT2D eigenvalue weighted by molar-refractivity contribution is 0.00163. The summed E-state index contributed by atoms with van der Waals surface area (Å²) in [5.74, 6) is 0.584. The molecule has 0 radical (unpaired) electrons. The van der Waals surface area contributed by atoms with E-state index in [-0.39, 0.29) is 11.8 Å². The van der Waals surface area contributed by atoms with Gasteiger partial charge in [-0.25, -0.2) is 17.9 Å². The number of ether oxygens (including phenoxy) is 1. The van der Waals surface area contributed by atoms with E-state index < -0.39 is 15.6 Å². The maximum atomic E-state index is 12.2. The molecule has 0 aromatic heterocycles. The van der Waals surface area contributed by atoms with Crippen molar-refractivity contribution in [3.8, 4) is 0 Å². The number of likely N-dealkylation sites (tertiary alicyclic amines) is 1. The van der Waals surface area contributed by atoms with Gasteiger partial charge in [-0.1, -0.05) is 0 Å². The maximum Gasteiger partial charge on any atom is 0.410 e. The predicted octanol–water partition coefficient (Wildman–Crippen LogP) is 3.13. The van der Waals surface area contributed by atoms with Gasteiger partial charge < -0.3 is 9.64 Å². The van der Waals surface area contributed by atoms with Crippen molar-refractivity contribution >= 4 is 16.1 Å². The van der Waals surface area contributed by atoms with Crippen molar-refractivity contribution in [2.24, 2.45) is 11.3 Å². The molecule has 1 N–H and O–H groups in total. The van der Waals surface area contributed by atoms with E-state index in [1.165, 1.54) is 0 Å². The average Bonchev–Trinajstić information content (AvgIpc) is 2.53. The molecule has 1 aliphatic heterocycles. The van der Waals surface area contributed by atoms with Crippen molar-refractivity contribution in [2.45, 2.75) is 71.8 Å². The van der Waals surface area contributed by atoms with Crippen LogP contribution in [0.4, 0.5) is 4.79 Å². The first-order chi connectivity index (χ1) is 11.5. The Balaban J connectivity index is 1.77. The summed E-state index contributed by atoms with van der Waals surface area (Å²) < 4.78 is 31.3. The van der Waals surface area contributed by atoms with Crippen molar-refractivity contribution < 1.29 is 17.9 Å². The fraction of sp³-hybridized carbons (Fsp3) is 0.944. The Kier molecular flexibility index (Phi) is 6.41. The Morgan fingerprint density at radius 2 is 1.72 bits per heavy atom. The van der Waals surface area contributed by atoms with Crippen molar-refractivity contribution in [3.05, 3.63) is 0 Å². The van der Waals surface area contributed by atoms with Gasteiger partial charge >= 0.3 is 6.09 Å². The van der Waals surface area contributed by atoms with Crippen LogP contribution in [0.5, 0.6) is 0 Å². The first-order valence-corrected chi connectivity index (χ1v) is 11.1. The second kappa shape index (κ2) is 7.82. The molecule has 6 nitrogen and oxygen atoms in total. The van der Waals surface area contributed by atoms with Gasteiger partial charge in [0, 0.05) is 19.6 Å². The molecule has 1 saturated heterocycles. The second-order valence-corrected chi connectivity index (χ2v) is 10.8. The third kappa shape index (κ3) is 6.13. The van der Waals surface area contributed by atoms with E-state index in [0.717, 1.165) is 51.6 Å². The Bertz CT molecular complexity index is 550. The van der Waals surface area contributed by atoms with Crippen LogP contribution in [-0.4, -0.2) is 50.4 Å². The van der Waals surface area contributed by atoms with Crippen LogP contribution < -0.4 is 4.72 Å². The van der Waals surface area contributed by atoms with Crippen LogP contribution in [0.3, 0.4) is 0 Å². The number of carbonyl (C=O) groups excluding carboxylic acids is 1. The Morgan fingerprint density at radius 3 is 2.20 bits per heavy atom. The monoisotopic (exact) mass is 374 g/mol. The Labute approximate surface area is 152 Å². The highest BCUT2D eigenvalue weighted by Crippen LogP contribution is 2.46. The van der Waals surface area contributed by atoms with Gasteiger partial charge in [0.1, 0.15) is 5.60 Å². The fourth-order valence-electron chi connectivity index (χ4n) is 3.83. The van der Waals surface area contributed by atoms with Crippen molar-refractivity contribution in [2.75, 3.05) is 25.4 Å². The quantitative estimate of drug-likeness (QED) is 0.820. The van der Waals surface area contributed by atoms with Crippen LogP contribution in [0.1, 0.15) is 66.2 Å². The largest absolute Gasteiger partial charge is 0.444 e. The lowest BCUT2D eigenvalue weighted by Gasteiger charge is -2.46. The molecule has 1 heterocycles. The van der Waals surface area contributed by atoms with Crippen LogP contribution >= 0.6 is 0 Å². The molecule has 0 bridgehead atoms. The minimum Gasteiger partial charge on any atom is -0.444 e. The third-order valence-corrected chi connectivity index (χ3v) is 6.98. The summed E-state index contributed by atoms with van der Waals surface area (Å²) >= 11 is 0. The smallest absolute Gasteiger partial charge is 0.410 e. The molecule has 0 aromatic carbocycles. The molecule has 1 aliphatic carbocycles. The summed E-state index contributed by atoms with van der Waals surface area (Å²) in [7, 11) is -3.09. The molecule has 7 heteroatoms. The molecular weight excluding hydrogens is 340 g/mol. The summed E-state index contributed by atoms with van der Waals surface area (Å²) in [5.41, 5.74) is -0.116. The van der Waals surface area contributed by atoms with Crippen LogP contribution in [0.25, 0.3) is 0 Å². The molecular formula is C18H34N2O4S. The SMILES string of the molecule is CCS(=O)(=O)NCC1CCC2(CC1)CCN(C(=O)OC(C)(C)C)CC2. The van der Waals surface area contributed by atoms with Crippen molar-refractivity contribution in [1.29, 1.82) is 0 Å². The first-order valence-electron chi connectivity index (χ1n) is 9.49. The lowest BCUT2D eigenvalue weighted by atomic mass is 9.65. The van der Waals surface area contributed by atoms with E-state index in [4.69, 9.17) is 4.74 Å². The normalized spacial score (nSPS) is 22.2. The van der Waals surface area contributed by atoms with Gasteiger partial charge in [0.15, 0.2) is 0 Å². The Morgan fingerprint density at radius 1 is 1.16 bits per heavy atom. The number of carbonyl (C=O) groups is 1. The molecule has 2 fully saturated rings. The number of hydrogen-bond acceptors (Lipinski definition) is 4. The molecule has 1 saturated carbocycles. The molecule has 2 aliphatic rings. The molecule has 0 unspecified atom stereocenters. The van der Waals surface area contributed by atoms with E-state index in [0.29, 0.717) is 17.9 Å². The summed E-state index contributed by atoms with van der Waals surface area (Å²) in [6, 6.07) is 0. The van der Waals surface area contributed by atoms with Crippen LogP contribution in [0.2, 0.25) is 0 Å². The van der Waals surface area contributed by atoms with Crippen LogP contribution in [-0.2, 0) is 14.8 Å². The summed E-state index contributed by atoms with van der Waals surface area (Å²) in [5, 5.41) is 0. The molecule has 1 amide bonds. The summed E-state index contributed by atoms with van der Waals surface area (Å²) in [4.78, 5) is 14.0. The number of hydrogen-bond donors (Lipinski definition) is 1. The molecule has 2 rings (SSSR count). The Hall–Kier alpha value is -0.820. The number of sulfonamides is 1. The minimum atomic E-state index is -3.09. The van der Waals surface area contributed by atoms with Gasteiger partial charge in [-0.15, -0.1) is 0 Å². The van der Waals surface area contributed by atoms with Crippen LogP contribution in [0, 0.1) is 11.3 Å². The zero-order valence-electron chi connectivity index (χ0n) is 16.1. The van der Waals surface area contributed by atoms with Gasteiger partial charge in [-0.2, -0.15) is 0 Å². The first kappa shape index (κ1) is 20.5. The van der Waals surface area contributed by atoms with Gasteiger partial charge in [0.05, 0.1) is 5.75 Å².